The van der Waals surface area contributed by atoms with Gasteiger partial charge in [0.15, 0.2) is 0 Å². The average Bonchev–Trinajstić information content (AvgIpc) is 1.64. The van der Waals surface area contributed by atoms with E-state index in [1.807, 2.05) is 0 Å². The van der Waals surface area contributed by atoms with Gasteiger partial charge < -0.3 is 5.73 Å². The van der Waals surface area contributed by atoms with E-state index in [-0.39, 0.29) is 0 Å². The fraction of sp³-hybridized carbons (Fsp3) is 1.00. The third-order valence-electron chi connectivity index (χ3n) is 1.81. The van der Waals surface area contributed by atoms with Crippen LogP contribution in [0.2, 0.25) is 0 Å². The van der Waals surface area contributed by atoms with Crippen molar-refractivity contribution in [2.75, 3.05) is 5.75 Å². The van der Waals surface area contributed by atoms with Crippen molar-refractivity contribution < 1.29 is 0 Å². The predicted molar refractivity (Wildman–Crippen MR) is 39.2 cm³/mol. The Kier molecular flexibility index (Phi) is 2.20. The highest BCUT2D eigenvalue weighted by Crippen LogP contribution is 2.28. The molecule has 0 amide bonds. The molecule has 0 spiro atoms. The summed E-state index contributed by atoms with van der Waals surface area (Å²) < 4.78 is 0. The minimum Gasteiger partial charge on any atom is -0.328 e. The van der Waals surface area contributed by atoms with Crippen LogP contribution in [0.15, 0.2) is 0 Å². The first-order valence-corrected chi connectivity index (χ1v) is 3.82. The van der Waals surface area contributed by atoms with E-state index in [4.69, 9.17) is 5.73 Å². The summed E-state index contributed by atoms with van der Waals surface area (Å²) in [5, 5.41) is 0. The van der Waals surface area contributed by atoms with Gasteiger partial charge in [-0.25, -0.2) is 0 Å². The Morgan fingerprint density at radius 1 is 1.50 bits per heavy atom. The normalized spacial score (nSPS) is 36.8. The van der Waals surface area contributed by atoms with Gasteiger partial charge in [-0.3, -0.25) is 0 Å². The molecule has 0 aromatic heterocycles. The van der Waals surface area contributed by atoms with Crippen molar-refractivity contribution >= 4 is 12.6 Å². The van der Waals surface area contributed by atoms with Crippen LogP contribution in [-0.4, -0.2) is 11.8 Å². The number of rotatable bonds is 2. The molecule has 0 atom stereocenters. The molecule has 0 unspecified atom stereocenters. The van der Waals surface area contributed by atoms with Crippen LogP contribution in [-0.2, 0) is 0 Å². The van der Waals surface area contributed by atoms with Crippen LogP contribution >= 0.6 is 12.6 Å². The van der Waals surface area contributed by atoms with Crippen molar-refractivity contribution in [3.05, 3.63) is 0 Å². The number of hydrogen-bond donors (Lipinski definition) is 2. The maximum Gasteiger partial charge on any atom is 0.00441 e. The van der Waals surface area contributed by atoms with Crippen LogP contribution in [0.4, 0.5) is 0 Å². The van der Waals surface area contributed by atoms with Crippen molar-refractivity contribution in [2.45, 2.75) is 25.3 Å². The summed E-state index contributed by atoms with van der Waals surface area (Å²) in [7, 11) is 0. The van der Waals surface area contributed by atoms with Crippen LogP contribution in [0.3, 0.4) is 0 Å². The van der Waals surface area contributed by atoms with Gasteiger partial charge in [0.2, 0.25) is 0 Å². The molecule has 1 fully saturated rings. The first-order chi connectivity index (χ1) is 3.83. The number of nitrogens with two attached hydrogens (primary N) is 1. The molecule has 0 heterocycles. The fourth-order valence-corrected chi connectivity index (χ4v) is 1.57. The molecule has 0 aromatic carbocycles. The zero-order valence-corrected chi connectivity index (χ0v) is 5.90. The predicted octanol–water partition coefficient (Wildman–Crippen LogP) is 1.04. The summed E-state index contributed by atoms with van der Waals surface area (Å²) in [6.45, 7) is 0. The van der Waals surface area contributed by atoms with Gasteiger partial charge in [-0.05, 0) is 30.9 Å². The first-order valence-electron chi connectivity index (χ1n) is 3.19. The smallest absolute Gasteiger partial charge is 0.00441 e. The highest BCUT2D eigenvalue weighted by Gasteiger charge is 2.24. The lowest BCUT2D eigenvalue weighted by Crippen LogP contribution is -2.36. The topological polar surface area (TPSA) is 26.0 Å². The summed E-state index contributed by atoms with van der Waals surface area (Å²) >= 11 is 4.14. The van der Waals surface area contributed by atoms with Crippen molar-refractivity contribution in [3.63, 3.8) is 0 Å². The van der Waals surface area contributed by atoms with E-state index in [1.54, 1.807) is 0 Å². The molecule has 0 aromatic rings. The van der Waals surface area contributed by atoms with Crippen molar-refractivity contribution in [1.29, 1.82) is 0 Å². The Bertz CT molecular complexity index is 66.2. The minimum atomic E-state index is 0.514. The SMILES string of the molecule is NC1CC(CCS)C1. The van der Waals surface area contributed by atoms with Crippen LogP contribution < -0.4 is 5.73 Å². The second kappa shape index (κ2) is 2.74. The van der Waals surface area contributed by atoms with Crippen molar-refractivity contribution in [3.8, 4) is 0 Å². The molecule has 0 bridgehead atoms. The Balaban J connectivity index is 1.98. The second-order valence-electron chi connectivity index (χ2n) is 2.61. The summed E-state index contributed by atoms with van der Waals surface area (Å²) in [5.41, 5.74) is 5.57. The quantitative estimate of drug-likeness (QED) is 0.538. The molecule has 1 nitrogen and oxygen atoms in total. The second-order valence-corrected chi connectivity index (χ2v) is 3.06. The molecule has 0 radical (unpaired) electrons. The molecule has 1 saturated carbocycles. The third kappa shape index (κ3) is 1.39. The molecular formula is C6H13NS. The van der Waals surface area contributed by atoms with Gasteiger partial charge >= 0.3 is 0 Å². The molecular weight excluding hydrogens is 118 g/mol. The number of thiol groups is 1. The maximum atomic E-state index is 5.57. The maximum absolute atomic E-state index is 5.57. The Morgan fingerprint density at radius 2 is 2.12 bits per heavy atom. The van der Waals surface area contributed by atoms with E-state index in [9.17, 15) is 0 Å². The Labute approximate surface area is 56.1 Å². The lowest BCUT2D eigenvalue weighted by Gasteiger charge is -2.31. The van der Waals surface area contributed by atoms with Crippen molar-refractivity contribution in [1.82, 2.24) is 0 Å². The fourth-order valence-electron chi connectivity index (χ4n) is 1.21. The molecule has 1 rings (SSSR count). The Hall–Kier alpha value is 0.310. The molecule has 2 heteroatoms. The molecule has 8 heavy (non-hydrogen) atoms. The lowest BCUT2D eigenvalue weighted by atomic mass is 9.79. The van der Waals surface area contributed by atoms with E-state index >= 15 is 0 Å². The van der Waals surface area contributed by atoms with Gasteiger partial charge in [-0.15, -0.1) is 0 Å². The van der Waals surface area contributed by atoms with E-state index in [0.29, 0.717) is 6.04 Å². The van der Waals surface area contributed by atoms with E-state index in [0.717, 1.165) is 11.7 Å². The summed E-state index contributed by atoms with van der Waals surface area (Å²) in [6.07, 6.45) is 3.73. The molecule has 1 aliphatic carbocycles. The highest BCUT2D eigenvalue weighted by atomic mass is 32.1. The van der Waals surface area contributed by atoms with Gasteiger partial charge in [-0.2, -0.15) is 12.6 Å². The molecule has 0 aliphatic heterocycles. The first kappa shape index (κ1) is 6.43. The summed E-state index contributed by atoms with van der Waals surface area (Å²) in [6, 6.07) is 0.514. The molecule has 0 saturated heterocycles. The Morgan fingerprint density at radius 3 is 2.50 bits per heavy atom. The van der Waals surface area contributed by atoms with Gasteiger partial charge in [0, 0.05) is 6.04 Å². The van der Waals surface area contributed by atoms with Crippen LogP contribution in [0, 0.1) is 5.92 Å². The zero-order valence-electron chi connectivity index (χ0n) is 5.01. The summed E-state index contributed by atoms with van der Waals surface area (Å²) in [5.74, 6) is 1.93. The number of hydrogen-bond acceptors (Lipinski definition) is 2. The highest BCUT2D eigenvalue weighted by molar-refractivity contribution is 7.80. The van der Waals surface area contributed by atoms with Gasteiger partial charge in [0.05, 0.1) is 0 Å². The summed E-state index contributed by atoms with van der Waals surface area (Å²) in [4.78, 5) is 0. The van der Waals surface area contributed by atoms with Gasteiger partial charge in [0.25, 0.3) is 0 Å². The van der Waals surface area contributed by atoms with Crippen LogP contribution in [0.5, 0.6) is 0 Å². The minimum absolute atomic E-state index is 0.514. The molecule has 1 aliphatic rings. The zero-order chi connectivity index (χ0) is 5.98. The standard InChI is InChI=1S/C6H13NS/c7-6-3-5(4-6)1-2-8/h5-6,8H,1-4,7H2. The third-order valence-corrected chi connectivity index (χ3v) is 2.07. The monoisotopic (exact) mass is 131 g/mol. The molecule has 2 N–H and O–H groups in total. The van der Waals surface area contributed by atoms with E-state index in [2.05, 4.69) is 12.6 Å². The van der Waals surface area contributed by atoms with E-state index in [1.165, 1.54) is 19.3 Å². The molecule has 48 valence electrons. The van der Waals surface area contributed by atoms with Crippen molar-refractivity contribution in [2.24, 2.45) is 11.7 Å². The average molecular weight is 131 g/mol. The largest absolute Gasteiger partial charge is 0.328 e. The van der Waals surface area contributed by atoms with Crippen LogP contribution in [0.1, 0.15) is 19.3 Å². The van der Waals surface area contributed by atoms with Gasteiger partial charge in [0.1, 0.15) is 0 Å². The van der Waals surface area contributed by atoms with E-state index < -0.39 is 0 Å². The van der Waals surface area contributed by atoms with Crippen LogP contribution in [0.25, 0.3) is 0 Å². The van der Waals surface area contributed by atoms with Gasteiger partial charge in [-0.1, -0.05) is 0 Å². The lowest BCUT2D eigenvalue weighted by molar-refractivity contribution is 0.260.